The summed E-state index contributed by atoms with van der Waals surface area (Å²) < 4.78 is 26.1. The first-order valence-corrected chi connectivity index (χ1v) is 19.0. The van der Waals surface area contributed by atoms with E-state index in [-0.39, 0.29) is 19.4 Å². The minimum absolute atomic E-state index is 0.0909. The Balaban J connectivity index is 4.09. The Bertz CT molecular complexity index is 874. The average molecular weight is 655 g/mol. The van der Waals surface area contributed by atoms with Crippen LogP contribution in [0.15, 0.2) is 48.6 Å². The van der Waals surface area contributed by atoms with E-state index in [1.54, 1.807) is 0 Å². The van der Waals surface area contributed by atoms with Gasteiger partial charge in [-0.15, -0.1) is 0 Å². The number of hydrogen-bond acceptors (Lipinski definition) is 6. The zero-order valence-electron chi connectivity index (χ0n) is 28.3. The minimum atomic E-state index is -4.76. The van der Waals surface area contributed by atoms with Crippen molar-refractivity contribution in [3.63, 3.8) is 0 Å². The smallest absolute Gasteiger partial charge is 0.462 e. The molecule has 0 aliphatic rings. The highest BCUT2D eigenvalue weighted by Crippen LogP contribution is 2.35. The van der Waals surface area contributed by atoms with Gasteiger partial charge in [-0.2, -0.15) is 0 Å². The van der Waals surface area contributed by atoms with Gasteiger partial charge in [0.15, 0.2) is 6.10 Å². The van der Waals surface area contributed by atoms with Crippen LogP contribution in [-0.4, -0.2) is 41.0 Å². The first-order valence-electron chi connectivity index (χ1n) is 17.4. The summed E-state index contributed by atoms with van der Waals surface area (Å²) in [5.41, 5.74) is 0. The molecule has 260 valence electrons. The van der Waals surface area contributed by atoms with Gasteiger partial charge in [0, 0.05) is 12.8 Å². The molecular weight excluding hydrogens is 591 g/mol. The van der Waals surface area contributed by atoms with Crippen molar-refractivity contribution < 1.29 is 37.9 Å². The molecule has 0 aromatic rings. The van der Waals surface area contributed by atoms with E-state index in [0.29, 0.717) is 6.42 Å². The molecule has 0 amide bonds. The maximum absolute atomic E-state index is 12.3. The Morgan fingerprint density at radius 2 is 1.07 bits per heavy atom. The summed E-state index contributed by atoms with van der Waals surface area (Å²) in [5, 5.41) is 0. The molecule has 0 heterocycles. The molecule has 1 unspecified atom stereocenters. The van der Waals surface area contributed by atoms with Gasteiger partial charge in [0.2, 0.25) is 0 Å². The molecule has 0 rings (SSSR count). The van der Waals surface area contributed by atoms with E-state index in [2.05, 4.69) is 54.8 Å². The lowest BCUT2D eigenvalue weighted by Crippen LogP contribution is -2.29. The van der Waals surface area contributed by atoms with Crippen LogP contribution in [0.3, 0.4) is 0 Å². The lowest BCUT2D eigenvalue weighted by molar-refractivity contribution is -0.161. The molecule has 0 aliphatic heterocycles. The molecule has 45 heavy (non-hydrogen) atoms. The summed E-state index contributed by atoms with van der Waals surface area (Å²) in [6.07, 6.45) is 37.1. The highest BCUT2D eigenvalue weighted by atomic mass is 31.2. The molecule has 0 saturated carbocycles. The molecule has 0 radical (unpaired) electrons. The predicted octanol–water partition coefficient (Wildman–Crippen LogP) is 10.0. The van der Waals surface area contributed by atoms with Crippen LogP contribution in [-0.2, 0) is 28.2 Å². The van der Waals surface area contributed by atoms with E-state index in [4.69, 9.17) is 19.3 Å². The number of unbranched alkanes of at least 4 members (excludes halogenated alkanes) is 13. The second-order valence-electron chi connectivity index (χ2n) is 11.5. The molecule has 9 heteroatoms. The SMILES string of the molecule is CC/C=C\C/C=C\C/C=C\C/C=C\CCC(=O)OC(COC(=O)CCCCCCCCCCCCCCCC)COP(=O)(O)O. The number of allylic oxidation sites excluding steroid dienone is 8. The van der Waals surface area contributed by atoms with Crippen molar-refractivity contribution in [1.29, 1.82) is 0 Å². The highest BCUT2D eigenvalue weighted by Gasteiger charge is 2.22. The number of esters is 2. The fraction of sp³-hybridized carbons (Fsp3) is 0.722. The van der Waals surface area contributed by atoms with Crippen molar-refractivity contribution in [2.75, 3.05) is 13.2 Å². The molecule has 0 spiro atoms. The Morgan fingerprint density at radius 1 is 0.600 bits per heavy atom. The van der Waals surface area contributed by atoms with Crippen LogP contribution in [0.5, 0.6) is 0 Å². The van der Waals surface area contributed by atoms with Crippen LogP contribution in [0.2, 0.25) is 0 Å². The topological polar surface area (TPSA) is 119 Å². The van der Waals surface area contributed by atoms with Crippen molar-refractivity contribution >= 4 is 19.8 Å². The Labute approximate surface area is 274 Å². The van der Waals surface area contributed by atoms with Crippen LogP contribution >= 0.6 is 7.82 Å². The van der Waals surface area contributed by atoms with Gasteiger partial charge >= 0.3 is 19.8 Å². The van der Waals surface area contributed by atoms with Gasteiger partial charge in [-0.3, -0.25) is 14.1 Å². The normalized spacial score (nSPS) is 13.1. The summed E-state index contributed by atoms with van der Waals surface area (Å²) in [4.78, 5) is 42.5. The first-order chi connectivity index (χ1) is 21.8. The number of phosphoric ester groups is 1. The van der Waals surface area contributed by atoms with Crippen molar-refractivity contribution in [3.8, 4) is 0 Å². The fourth-order valence-electron chi connectivity index (χ4n) is 4.56. The summed E-state index contributed by atoms with van der Waals surface area (Å²) in [6, 6.07) is 0. The molecule has 2 N–H and O–H groups in total. The highest BCUT2D eigenvalue weighted by molar-refractivity contribution is 7.46. The van der Waals surface area contributed by atoms with E-state index < -0.39 is 32.5 Å². The number of ether oxygens (including phenoxy) is 2. The molecule has 0 saturated heterocycles. The van der Waals surface area contributed by atoms with E-state index in [9.17, 15) is 14.2 Å². The van der Waals surface area contributed by atoms with Crippen LogP contribution in [0.25, 0.3) is 0 Å². The van der Waals surface area contributed by atoms with E-state index >= 15 is 0 Å². The molecule has 0 aromatic heterocycles. The first kappa shape index (κ1) is 43.0. The van der Waals surface area contributed by atoms with Gasteiger partial charge in [0.05, 0.1) is 6.61 Å². The molecule has 8 nitrogen and oxygen atoms in total. The standard InChI is InChI=1S/C36H63O8P/c1-3-5-7-9-11-13-15-17-19-20-22-24-26-28-30-35(37)42-32-34(33-43-45(39,40)41)44-36(38)31-29-27-25-23-21-18-16-14-12-10-8-6-4-2/h6,8,12,14,18,21,25,27,34H,3-5,7,9-11,13,15-17,19-20,22-24,26,28-33H2,1-2H3,(H2,39,40,41)/b8-6-,14-12-,21-18-,27-25-. The zero-order chi connectivity index (χ0) is 33.3. The number of phosphoric acid groups is 1. The van der Waals surface area contributed by atoms with Gasteiger partial charge < -0.3 is 19.3 Å². The van der Waals surface area contributed by atoms with Crippen molar-refractivity contribution in [1.82, 2.24) is 0 Å². The second kappa shape index (κ2) is 32.0. The van der Waals surface area contributed by atoms with E-state index in [1.165, 1.54) is 70.6 Å². The third-order valence-electron chi connectivity index (χ3n) is 7.13. The van der Waals surface area contributed by atoms with Gasteiger partial charge in [-0.25, -0.2) is 4.57 Å². The number of hydrogen-bond donors (Lipinski definition) is 2. The third-order valence-corrected chi connectivity index (χ3v) is 7.61. The molecule has 0 aliphatic carbocycles. The second-order valence-corrected chi connectivity index (χ2v) is 12.7. The number of rotatable bonds is 31. The summed E-state index contributed by atoms with van der Waals surface area (Å²) in [6.45, 7) is 3.48. The Kier molecular flexibility index (Phi) is 30.6. The molecule has 0 bridgehead atoms. The maximum atomic E-state index is 12.3. The number of carbonyl (C=O) groups excluding carboxylic acids is 2. The maximum Gasteiger partial charge on any atom is 0.469 e. The van der Waals surface area contributed by atoms with E-state index in [1.807, 2.05) is 12.2 Å². The summed E-state index contributed by atoms with van der Waals surface area (Å²) in [7, 11) is -4.76. The van der Waals surface area contributed by atoms with Gasteiger partial charge in [-0.1, -0.05) is 146 Å². The Hall–Kier alpha value is -1.99. The fourth-order valence-corrected chi connectivity index (χ4v) is 4.92. The molecular formula is C36H63O8P. The Morgan fingerprint density at radius 3 is 1.56 bits per heavy atom. The zero-order valence-corrected chi connectivity index (χ0v) is 29.1. The van der Waals surface area contributed by atoms with Gasteiger partial charge in [-0.05, 0) is 38.5 Å². The van der Waals surface area contributed by atoms with Gasteiger partial charge in [0.1, 0.15) is 6.61 Å². The lowest BCUT2D eigenvalue weighted by atomic mass is 10.0. The van der Waals surface area contributed by atoms with Crippen LogP contribution in [0, 0.1) is 0 Å². The summed E-state index contributed by atoms with van der Waals surface area (Å²) >= 11 is 0. The lowest BCUT2D eigenvalue weighted by Gasteiger charge is -2.18. The van der Waals surface area contributed by atoms with Crippen LogP contribution in [0.1, 0.15) is 149 Å². The molecule has 1 atom stereocenters. The molecule has 0 fully saturated rings. The van der Waals surface area contributed by atoms with Crippen molar-refractivity contribution in [2.24, 2.45) is 0 Å². The van der Waals surface area contributed by atoms with E-state index in [0.717, 1.165) is 44.9 Å². The number of carbonyl (C=O) groups is 2. The molecule has 0 aromatic carbocycles. The van der Waals surface area contributed by atoms with Crippen LogP contribution < -0.4 is 0 Å². The largest absolute Gasteiger partial charge is 0.469 e. The van der Waals surface area contributed by atoms with Gasteiger partial charge in [0.25, 0.3) is 0 Å². The van der Waals surface area contributed by atoms with Crippen molar-refractivity contribution in [2.45, 2.75) is 155 Å². The monoisotopic (exact) mass is 654 g/mol. The van der Waals surface area contributed by atoms with Crippen LogP contribution in [0.4, 0.5) is 0 Å². The van der Waals surface area contributed by atoms with Crippen molar-refractivity contribution in [3.05, 3.63) is 48.6 Å². The quantitative estimate of drug-likeness (QED) is 0.0328. The average Bonchev–Trinajstić information content (AvgIpc) is 3.00. The third kappa shape index (κ3) is 34.7. The summed E-state index contributed by atoms with van der Waals surface area (Å²) in [5.74, 6) is -0.981. The minimum Gasteiger partial charge on any atom is -0.462 e. The predicted molar refractivity (Wildman–Crippen MR) is 184 cm³/mol.